The SMILES string of the molecule is C=C.CC.CC.CCCN(C)CC(C)=O. The van der Waals surface area contributed by atoms with Gasteiger partial charge in [0, 0.05) is 0 Å². The first-order valence-electron chi connectivity index (χ1n) is 5.84. The Morgan fingerprint density at radius 1 is 1.13 bits per heavy atom. The summed E-state index contributed by atoms with van der Waals surface area (Å²) < 4.78 is 0. The normalized spacial score (nSPS) is 7.20. The molecular weight excluding hydrogens is 186 g/mol. The van der Waals surface area contributed by atoms with Gasteiger partial charge in [-0.05, 0) is 26.9 Å². The molecule has 0 aliphatic heterocycles. The van der Waals surface area contributed by atoms with Crippen LogP contribution in [0.5, 0.6) is 0 Å². The third kappa shape index (κ3) is 42.6. The molecule has 15 heavy (non-hydrogen) atoms. The highest BCUT2D eigenvalue weighted by molar-refractivity contribution is 5.77. The van der Waals surface area contributed by atoms with E-state index in [0.29, 0.717) is 6.54 Å². The Hall–Kier alpha value is -0.630. The van der Waals surface area contributed by atoms with Crippen LogP contribution in [0.1, 0.15) is 48.0 Å². The molecule has 0 aliphatic carbocycles. The molecule has 0 radical (unpaired) electrons. The largest absolute Gasteiger partial charge is 0.299 e. The number of likely N-dealkylation sites (N-methyl/N-ethyl adjacent to an activating group) is 1. The molecule has 0 aromatic heterocycles. The van der Waals surface area contributed by atoms with Crippen LogP contribution in [0.25, 0.3) is 0 Å². The monoisotopic (exact) mass is 217 g/mol. The zero-order valence-corrected chi connectivity index (χ0v) is 11.9. The van der Waals surface area contributed by atoms with Crippen molar-refractivity contribution in [3.8, 4) is 0 Å². The standard InChI is InChI=1S/C7H15NO.2C2H6.C2H4/c1-4-5-8(3)6-7(2)9;3*1-2/h4-6H2,1-3H3;2*1-2H3;1-2H2. The van der Waals surface area contributed by atoms with Crippen molar-refractivity contribution in [3.63, 3.8) is 0 Å². The minimum Gasteiger partial charge on any atom is -0.299 e. The molecule has 0 aliphatic rings. The molecule has 0 aromatic rings. The van der Waals surface area contributed by atoms with Crippen molar-refractivity contribution < 1.29 is 4.79 Å². The molecule has 0 fully saturated rings. The quantitative estimate of drug-likeness (QED) is 0.668. The van der Waals surface area contributed by atoms with Gasteiger partial charge in [0.1, 0.15) is 5.78 Å². The first kappa shape index (κ1) is 23.9. The average molecular weight is 217 g/mol. The van der Waals surface area contributed by atoms with Crippen LogP contribution in [-0.2, 0) is 4.79 Å². The molecule has 0 spiro atoms. The number of Topliss-reactive ketones (excluding diaryl/α,β-unsaturated/α-hetero) is 1. The highest BCUT2D eigenvalue weighted by Gasteiger charge is 1.97. The smallest absolute Gasteiger partial charge is 0.143 e. The van der Waals surface area contributed by atoms with Gasteiger partial charge < -0.3 is 0 Å². The van der Waals surface area contributed by atoms with Crippen LogP contribution in [0.2, 0.25) is 0 Å². The first-order chi connectivity index (χ1) is 7.16. The van der Waals surface area contributed by atoms with Gasteiger partial charge in [0.15, 0.2) is 0 Å². The lowest BCUT2D eigenvalue weighted by molar-refractivity contribution is -0.117. The van der Waals surface area contributed by atoms with E-state index >= 15 is 0 Å². The maximum Gasteiger partial charge on any atom is 0.143 e. The zero-order valence-electron chi connectivity index (χ0n) is 11.9. The molecule has 2 nitrogen and oxygen atoms in total. The topological polar surface area (TPSA) is 20.3 Å². The Labute approximate surface area is 97.4 Å². The predicted octanol–water partition coefficient (Wildman–Crippen LogP) is 3.77. The Morgan fingerprint density at radius 3 is 1.67 bits per heavy atom. The lowest BCUT2D eigenvalue weighted by Crippen LogP contribution is -2.24. The third-order valence-corrected chi connectivity index (χ3v) is 1.10. The molecule has 0 saturated heterocycles. The van der Waals surface area contributed by atoms with Crippen molar-refractivity contribution in [2.24, 2.45) is 0 Å². The van der Waals surface area contributed by atoms with Gasteiger partial charge in [0.05, 0.1) is 6.54 Å². The van der Waals surface area contributed by atoms with Gasteiger partial charge in [-0.15, -0.1) is 13.2 Å². The van der Waals surface area contributed by atoms with Gasteiger partial charge in [-0.3, -0.25) is 9.69 Å². The molecule has 0 amide bonds. The number of nitrogens with zero attached hydrogens (tertiary/aromatic N) is 1. The summed E-state index contributed by atoms with van der Waals surface area (Å²) >= 11 is 0. The lowest BCUT2D eigenvalue weighted by atomic mass is 10.4. The van der Waals surface area contributed by atoms with Gasteiger partial charge in [0.25, 0.3) is 0 Å². The summed E-state index contributed by atoms with van der Waals surface area (Å²) in [7, 11) is 1.96. The summed E-state index contributed by atoms with van der Waals surface area (Å²) in [6.45, 7) is 19.3. The van der Waals surface area contributed by atoms with E-state index in [2.05, 4.69) is 20.1 Å². The van der Waals surface area contributed by atoms with Crippen molar-refractivity contribution in [3.05, 3.63) is 13.2 Å². The summed E-state index contributed by atoms with van der Waals surface area (Å²) in [5, 5.41) is 0. The molecule has 0 heterocycles. The van der Waals surface area contributed by atoms with E-state index in [1.54, 1.807) is 6.92 Å². The third-order valence-electron chi connectivity index (χ3n) is 1.10. The lowest BCUT2D eigenvalue weighted by Gasteiger charge is -2.11. The second-order valence-electron chi connectivity index (χ2n) is 2.44. The van der Waals surface area contributed by atoms with Crippen LogP contribution in [0.4, 0.5) is 0 Å². The number of rotatable bonds is 4. The van der Waals surface area contributed by atoms with Crippen molar-refractivity contribution in [2.75, 3.05) is 20.1 Å². The van der Waals surface area contributed by atoms with E-state index in [9.17, 15) is 4.79 Å². The van der Waals surface area contributed by atoms with Crippen LogP contribution in [0, 0.1) is 0 Å². The first-order valence-corrected chi connectivity index (χ1v) is 5.84. The summed E-state index contributed by atoms with van der Waals surface area (Å²) in [6.07, 6.45) is 1.11. The summed E-state index contributed by atoms with van der Waals surface area (Å²) in [6, 6.07) is 0. The summed E-state index contributed by atoms with van der Waals surface area (Å²) in [4.78, 5) is 12.5. The Morgan fingerprint density at radius 2 is 1.47 bits per heavy atom. The molecule has 0 saturated carbocycles. The van der Waals surface area contributed by atoms with Crippen molar-refractivity contribution >= 4 is 5.78 Å². The van der Waals surface area contributed by atoms with Crippen LogP contribution in [-0.4, -0.2) is 30.8 Å². The second kappa shape index (κ2) is 29.2. The zero-order chi connectivity index (χ0) is 13.3. The predicted molar refractivity (Wildman–Crippen MR) is 72.4 cm³/mol. The van der Waals surface area contributed by atoms with E-state index < -0.39 is 0 Å². The maximum atomic E-state index is 10.5. The molecule has 94 valence electrons. The molecule has 0 rings (SSSR count). The van der Waals surface area contributed by atoms with Gasteiger partial charge in [-0.1, -0.05) is 34.6 Å². The minimum absolute atomic E-state index is 0.242. The van der Waals surface area contributed by atoms with E-state index in [4.69, 9.17) is 0 Å². The minimum atomic E-state index is 0.242. The summed E-state index contributed by atoms with van der Waals surface area (Å²) in [5.74, 6) is 0.242. The van der Waals surface area contributed by atoms with Gasteiger partial charge in [0.2, 0.25) is 0 Å². The fourth-order valence-electron chi connectivity index (χ4n) is 0.841. The number of hydrogen-bond donors (Lipinski definition) is 0. The second-order valence-corrected chi connectivity index (χ2v) is 2.44. The number of hydrogen-bond acceptors (Lipinski definition) is 2. The van der Waals surface area contributed by atoms with E-state index in [1.807, 2.05) is 39.6 Å². The average Bonchev–Trinajstić information content (AvgIpc) is 2.26. The number of carbonyl (C=O) groups is 1. The fourth-order valence-corrected chi connectivity index (χ4v) is 0.841. The fraction of sp³-hybridized carbons (Fsp3) is 0.769. The molecule has 0 N–H and O–H groups in total. The maximum absolute atomic E-state index is 10.5. The van der Waals surface area contributed by atoms with Crippen LogP contribution in [0.3, 0.4) is 0 Å². The van der Waals surface area contributed by atoms with Crippen molar-refractivity contribution in [1.82, 2.24) is 4.90 Å². The molecule has 0 unspecified atom stereocenters. The highest BCUT2D eigenvalue weighted by atomic mass is 16.1. The van der Waals surface area contributed by atoms with E-state index in [0.717, 1.165) is 13.0 Å². The Kier molecular flexibility index (Phi) is 46.5. The molecule has 0 atom stereocenters. The molecule has 0 aromatic carbocycles. The Balaban J connectivity index is -0.0000000860. The van der Waals surface area contributed by atoms with Gasteiger partial charge in [-0.2, -0.15) is 0 Å². The number of carbonyl (C=O) groups excluding carboxylic acids is 1. The Bertz CT molecular complexity index is 103. The van der Waals surface area contributed by atoms with E-state index in [-0.39, 0.29) is 5.78 Å². The van der Waals surface area contributed by atoms with Crippen LogP contribution < -0.4 is 0 Å². The van der Waals surface area contributed by atoms with Crippen molar-refractivity contribution in [1.29, 1.82) is 0 Å². The molecular formula is C13H31NO. The molecule has 0 bridgehead atoms. The van der Waals surface area contributed by atoms with Crippen LogP contribution in [0.15, 0.2) is 13.2 Å². The highest BCUT2D eigenvalue weighted by Crippen LogP contribution is 1.85. The number of ketones is 1. The van der Waals surface area contributed by atoms with Gasteiger partial charge in [-0.25, -0.2) is 0 Å². The van der Waals surface area contributed by atoms with Gasteiger partial charge >= 0.3 is 0 Å². The van der Waals surface area contributed by atoms with Crippen molar-refractivity contribution in [2.45, 2.75) is 48.0 Å². The van der Waals surface area contributed by atoms with Crippen LogP contribution >= 0.6 is 0 Å². The van der Waals surface area contributed by atoms with E-state index in [1.165, 1.54) is 0 Å². The summed E-state index contributed by atoms with van der Waals surface area (Å²) in [5.41, 5.74) is 0. The molecule has 2 heteroatoms.